The maximum absolute atomic E-state index is 13.3. The molecule has 7 heteroatoms. The molecule has 0 spiro atoms. The van der Waals surface area contributed by atoms with Gasteiger partial charge in [0.05, 0.1) is 7.11 Å². The zero-order chi connectivity index (χ0) is 16.9. The Morgan fingerprint density at radius 2 is 2.05 bits per heavy atom. The van der Waals surface area contributed by atoms with Crippen LogP contribution < -0.4 is 11.1 Å². The zero-order valence-corrected chi connectivity index (χ0v) is 12.7. The number of carbonyl (C=O) groups excluding carboxylic acids is 2. The number of amides is 1. The minimum atomic E-state index is -2.97. The monoisotopic (exact) mass is 314 g/mol. The van der Waals surface area contributed by atoms with E-state index in [2.05, 4.69) is 10.1 Å². The quantitative estimate of drug-likeness (QED) is 0.785. The van der Waals surface area contributed by atoms with Crippen LogP contribution in [0.15, 0.2) is 24.3 Å². The number of halogens is 2. The third-order valence-electron chi connectivity index (χ3n) is 3.16. The number of benzene rings is 1. The molecule has 0 bridgehead atoms. The van der Waals surface area contributed by atoms with Crippen molar-refractivity contribution >= 4 is 11.9 Å². The van der Waals surface area contributed by atoms with Gasteiger partial charge in [-0.25, -0.2) is 13.6 Å². The average molecular weight is 314 g/mol. The minimum Gasteiger partial charge on any atom is -0.467 e. The molecule has 1 aromatic rings. The second-order valence-corrected chi connectivity index (χ2v) is 5.14. The highest BCUT2D eigenvalue weighted by molar-refractivity contribution is 5.84. The molecule has 0 aliphatic carbocycles. The molecule has 0 aromatic heterocycles. The molecule has 0 heterocycles. The molecule has 1 rings (SSSR count). The molecular weight excluding hydrogens is 294 g/mol. The van der Waals surface area contributed by atoms with E-state index in [0.717, 1.165) is 6.92 Å². The molecule has 2 atom stereocenters. The Morgan fingerprint density at radius 3 is 2.59 bits per heavy atom. The van der Waals surface area contributed by atoms with E-state index in [9.17, 15) is 18.4 Å². The van der Waals surface area contributed by atoms with E-state index >= 15 is 0 Å². The number of esters is 1. The lowest BCUT2D eigenvalue weighted by Crippen LogP contribution is -2.40. The number of nitrogens with one attached hydrogen (secondary N) is 1. The fourth-order valence-corrected chi connectivity index (χ4v) is 1.90. The molecule has 122 valence electrons. The van der Waals surface area contributed by atoms with Crippen LogP contribution in [0.3, 0.4) is 0 Å². The van der Waals surface area contributed by atoms with Gasteiger partial charge in [0.2, 0.25) is 5.91 Å². The van der Waals surface area contributed by atoms with Crippen LogP contribution in [0.2, 0.25) is 0 Å². The molecule has 22 heavy (non-hydrogen) atoms. The summed E-state index contributed by atoms with van der Waals surface area (Å²) < 4.78 is 31.1. The Hall–Kier alpha value is -2.02. The summed E-state index contributed by atoms with van der Waals surface area (Å²) in [6.45, 7) is 2.27. The number of hydrogen-bond donors (Lipinski definition) is 2. The van der Waals surface area contributed by atoms with Gasteiger partial charge in [0.25, 0.3) is 5.92 Å². The summed E-state index contributed by atoms with van der Waals surface area (Å²) in [5.74, 6) is -4.01. The van der Waals surface area contributed by atoms with Crippen molar-refractivity contribution < 1.29 is 23.1 Å². The minimum absolute atomic E-state index is 0.125. The van der Waals surface area contributed by atoms with E-state index in [0.29, 0.717) is 5.56 Å². The van der Waals surface area contributed by atoms with Gasteiger partial charge in [-0.3, -0.25) is 4.79 Å². The maximum atomic E-state index is 13.3. The summed E-state index contributed by atoms with van der Waals surface area (Å²) in [6, 6.07) is 4.09. The average Bonchev–Trinajstić information content (AvgIpc) is 2.45. The summed E-state index contributed by atoms with van der Waals surface area (Å²) in [4.78, 5) is 23.0. The molecular formula is C15H20F2N2O3. The van der Waals surface area contributed by atoms with Crippen LogP contribution >= 0.6 is 0 Å². The summed E-state index contributed by atoms with van der Waals surface area (Å²) in [7, 11) is 1.22. The molecule has 5 nitrogen and oxygen atoms in total. The third kappa shape index (κ3) is 5.07. The molecule has 0 saturated carbocycles. The third-order valence-corrected chi connectivity index (χ3v) is 3.16. The number of nitrogens with two attached hydrogens (primary N) is 1. The largest absolute Gasteiger partial charge is 0.467 e. The number of carbonyl (C=O) groups is 2. The standard InChI is InChI=1S/C15H20F2N2O3/c1-9(14(21)22-3)19-13(20)8-12(18)10-5-4-6-11(7-10)15(2,16)17/h4-7,9,12H,8,18H2,1-3H3,(H,19,20)/t9-,12?/m0/s1. The summed E-state index contributed by atoms with van der Waals surface area (Å²) >= 11 is 0. The van der Waals surface area contributed by atoms with Crippen molar-refractivity contribution in [2.45, 2.75) is 38.3 Å². The van der Waals surface area contributed by atoms with Gasteiger partial charge in [-0.1, -0.05) is 18.2 Å². The van der Waals surface area contributed by atoms with E-state index < -0.39 is 29.9 Å². The lowest BCUT2D eigenvalue weighted by molar-refractivity contribution is -0.144. The smallest absolute Gasteiger partial charge is 0.328 e. The molecule has 3 N–H and O–H groups in total. The van der Waals surface area contributed by atoms with Crippen LogP contribution in [0.1, 0.15) is 37.4 Å². The van der Waals surface area contributed by atoms with E-state index in [1.54, 1.807) is 6.07 Å². The van der Waals surface area contributed by atoms with Crippen molar-refractivity contribution in [1.82, 2.24) is 5.32 Å². The molecule has 1 amide bonds. The Bertz CT molecular complexity index is 544. The molecule has 0 aliphatic heterocycles. The topological polar surface area (TPSA) is 81.4 Å². The van der Waals surface area contributed by atoms with Crippen LogP contribution in [-0.4, -0.2) is 25.0 Å². The molecule has 1 unspecified atom stereocenters. The predicted octanol–water partition coefficient (Wildman–Crippen LogP) is 1.87. The first-order chi connectivity index (χ1) is 10.1. The first kappa shape index (κ1) is 18.0. The van der Waals surface area contributed by atoms with Gasteiger partial charge >= 0.3 is 5.97 Å². The van der Waals surface area contributed by atoms with E-state index in [-0.39, 0.29) is 12.0 Å². The van der Waals surface area contributed by atoms with E-state index in [4.69, 9.17) is 5.73 Å². The highest BCUT2D eigenvalue weighted by Gasteiger charge is 2.25. The number of hydrogen-bond acceptors (Lipinski definition) is 4. The Balaban J connectivity index is 2.71. The molecule has 0 aliphatic rings. The van der Waals surface area contributed by atoms with Gasteiger partial charge < -0.3 is 15.8 Å². The number of rotatable bonds is 6. The van der Waals surface area contributed by atoms with Crippen molar-refractivity contribution in [2.75, 3.05) is 7.11 Å². The van der Waals surface area contributed by atoms with Crippen molar-refractivity contribution in [3.63, 3.8) is 0 Å². The highest BCUT2D eigenvalue weighted by atomic mass is 19.3. The summed E-state index contributed by atoms with van der Waals surface area (Å²) in [5, 5.41) is 2.43. The predicted molar refractivity (Wildman–Crippen MR) is 77.2 cm³/mol. The Labute approximate surface area is 127 Å². The Morgan fingerprint density at radius 1 is 1.41 bits per heavy atom. The SMILES string of the molecule is COC(=O)[C@H](C)NC(=O)CC(N)c1cccc(C(C)(F)F)c1. The van der Waals surface area contributed by atoms with Crippen LogP contribution in [0.5, 0.6) is 0 Å². The second-order valence-electron chi connectivity index (χ2n) is 5.14. The highest BCUT2D eigenvalue weighted by Crippen LogP contribution is 2.28. The lowest BCUT2D eigenvalue weighted by atomic mass is 9.99. The number of ether oxygens (including phenoxy) is 1. The maximum Gasteiger partial charge on any atom is 0.328 e. The second kappa shape index (κ2) is 7.31. The van der Waals surface area contributed by atoms with Crippen molar-refractivity contribution in [3.05, 3.63) is 35.4 Å². The van der Waals surface area contributed by atoms with Crippen LogP contribution in [0.25, 0.3) is 0 Å². The van der Waals surface area contributed by atoms with E-state index in [1.165, 1.54) is 32.2 Å². The van der Waals surface area contributed by atoms with Gasteiger partial charge in [0, 0.05) is 24.9 Å². The molecule has 0 saturated heterocycles. The lowest BCUT2D eigenvalue weighted by Gasteiger charge is -2.17. The van der Waals surface area contributed by atoms with Gasteiger partial charge in [0.1, 0.15) is 6.04 Å². The first-order valence-corrected chi connectivity index (χ1v) is 6.76. The fraction of sp³-hybridized carbons (Fsp3) is 0.467. The molecule has 1 aromatic carbocycles. The van der Waals surface area contributed by atoms with Gasteiger partial charge in [-0.05, 0) is 18.6 Å². The Kier molecular flexibility index (Phi) is 5.99. The fourth-order valence-electron chi connectivity index (χ4n) is 1.90. The summed E-state index contributed by atoms with van der Waals surface area (Å²) in [6.07, 6.45) is -0.125. The zero-order valence-electron chi connectivity index (χ0n) is 12.7. The first-order valence-electron chi connectivity index (χ1n) is 6.76. The van der Waals surface area contributed by atoms with Gasteiger partial charge in [-0.15, -0.1) is 0 Å². The van der Waals surface area contributed by atoms with Crippen LogP contribution in [0.4, 0.5) is 8.78 Å². The van der Waals surface area contributed by atoms with Gasteiger partial charge in [-0.2, -0.15) is 0 Å². The number of methoxy groups -OCH3 is 1. The van der Waals surface area contributed by atoms with E-state index in [1.807, 2.05) is 0 Å². The number of alkyl halides is 2. The van der Waals surface area contributed by atoms with Gasteiger partial charge in [0.15, 0.2) is 0 Å². The van der Waals surface area contributed by atoms with Crippen molar-refractivity contribution in [1.29, 1.82) is 0 Å². The normalized spacial score (nSPS) is 14.1. The molecule has 0 fully saturated rings. The van der Waals surface area contributed by atoms with Crippen LogP contribution in [0, 0.1) is 0 Å². The summed E-state index contributed by atoms with van der Waals surface area (Å²) in [5.41, 5.74) is 6.14. The van der Waals surface area contributed by atoms with Crippen LogP contribution in [-0.2, 0) is 20.2 Å². The van der Waals surface area contributed by atoms with Crippen molar-refractivity contribution in [2.24, 2.45) is 5.73 Å². The van der Waals surface area contributed by atoms with Crippen molar-refractivity contribution in [3.8, 4) is 0 Å². The molecule has 0 radical (unpaired) electrons.